The second-order valence-electron chi connectivity index (χ2n) is 8.67. The molecule has 0 aliphatic carbocycles. The quantitative estimate of drug-likeness (QED) is 0.130. The molecule has 3 aliphatic heterocycles. The van der Waals surface area contributed by atoms with Crippen molar-refractivity contribution in [3.8, 4) is 0 Å². The first-order valence-electron chi connectivity index (χ1n) is 11.4. The summed E-state index contributed by atoms with van der Waals surface area (Å²) in [4.78, 5) is 0. The molecular weight excluding hydrogens is 548 g/mol. The highest BCUT2D eigenvalue weighted by atomic mass is 16.7. The van der Waals surface area contributed by atoms with Gasteiger partial charge in [-0.15, -0.1) is 0 Å². The van der Waals surface area contributed by atoms with E-state index in [-0.39, 0.29) is 22.3 Å². The van der Waals surface area contributed by atoms with Gasteiger partial charge >= 0.3 is 0 Å². The molecule has 0 aromatic rings. The van der Waals surface area contributed by atoms with Crippen LogP contribution in [-0.4, -0.2) is 182 Å². The normalized spacial score (nSPS) is 45.1. The summed E-state index contributed by atoms with van der Waals surface area (Å²) in [6, 6.07) is 0. The fourth-order valence-corrected chi connectivity index (χ4v) is 4.11. The first-order chi connectivity index (χ1) is 17.5. The molecule has 0 aromatic carbocycles. The molecule has 0 radical (unpaired) electrons. The molecule has 3 heterocycles. The van der Waals surface area contributed by atoms with Gasteiger partial charge in [0, 0.05) is 14.2 Å². The van der Waals surface area contributed by atoms with Crippen molar-refractivity contribution in [1.29, 1.82) is 0 Å². The maximum Gasteiger partial charge on any atom is 0.187 e. The molecule has 17 nitrogen and oxygen atoms in total. The predicted molar refractivity (Wildman–Crippen MR) is 134 cm³/mol. The van der Waals surface area contributed by atoms with Crippen molar-refractivity contribution in [2.24, 2.45) is 0 Å². The molecule has 0 aromatic heterocycles. The van der Waals surface area contributed by atoms with Gasteiger partial charge in [0.15, 0.2) is 18.9 Å². The van der Waals surface area contributed by atoms with Crippen LogP contribution in [0.25, 0.3) is 0 Å². The summed E-state index contributed by atoms with van der Waals surface area (Å²) in [7, 11) is 2.55. The fourth-order valence-electron chi connectivity index (χ4n) is 4.11. The van der Waals surface area contributed by atoms with E-state index >= 15 is 0 Å². The van der Waals surface area contributed by atoms with Gasteiger partial charge in [0.05, 0.1) is 19.8 Å². The Hall–Kier alpha value is -0.680. The summed E-state index contributed by atoms with van der Waals surface area (Å²) in [5.74, 6) is 0. The molecule has 15 atom stereocenters. The van der Waals surface area contributed by atoms with Crippen LogP contribution >= 0.6 is 0 Å². The molecule has 244 valence electrons. The lowest BCUT2D eigenvalue weighted by atomic mass is 9.97. The van der Waals surface area contributed by atoms with Crippen molar-refractivity contribution in [2.45, 2.75) is 114 Å². The molecule has 40 heavy (non-hydrogen) atoms. The highest BCUT2D eigenvalue weighted by molar-refractivity contribution is 4.94. The summed E-state index contributed by atoms with van der Waals surface area (Å²) in [5.41, 5.74) is 0. The maximum atomic E-state index is 10.2. The lowest BCUT2D eigenvalue weighted by Crippen LogP contribution is -2.64. The Kier molecular flexibility index (Phi) is 19.5. The van der Waals surface area contributed by atoms with E-state index in [9.17, 15) is 30.6 Å². The number of aliphatic hydroxyl groups excluding tert-OH is 11. The van der Waals surface area contributed by atoms with Gasteiger partial charge in [0.2, 0.25) is 0 Å². The Morgan fingerprint density at radius 3 is 1.40 bits per heavy atom. The van der Waals surface area contributed by atoms with Gasteiger partial charge in [0.25, 0.3) is 0 Å². The van der Waals surface area contributed by atoms with Crippen LogP contribution in [0.2, 0.25) is 0 Å². The molecule has 3 rings (SSSR count). The number of aliphatic hydroxyl groups is 11. The van der Waals surface area contributed by atoms with Gasteiger partial charge in [-0.25, -0.2) is 0 Å². The maximum absolute atomic E-state index is 10.2. The Bertz CT molecular complexity index is 652. The van der Waals surface area contributed by atoms with E-state index in [1.54, 1.807) is 0 Å². The number of rotatable bonds is 7. The lowest BCUT2D eigenvalue weighted by Gasteiger charge is -2.46. The molecule has 3 fully saturated rings. The number of hydrogen-bond acceptors (Lipinski definition) is 17. The lowest BCUT2D eigenvalue weighted by molar-refractivity contribution is -0.358. The van der Waals surface area contributed by atoms with Crippen LogP contribution in [-0.2, 0) is 28.4 Å². The molecule has 3 aliphatic rings. The minimum Gasteiger partial charge on any atom is -0.394 e. The van der Waals surface area contributed by atoms with Crippen molar-refractivity contribution in [2.75, 3.05) is 34.0 Å². The Morgan fingerprint density at radius 1 is 0.475 bits per heavy atom. The van der Waals surface area contributed by atoms with E-state index in [0.29, 0.717) is 0 Å². The van der Waals surface area contributed by atoms with Gasteiger partial charge in [-0.2, -0.15) is 0 Å². The average molecular weight is 599 g/mol. The average Bonchev–Trinajstić information content (AvgIpc) is 2.90. The molecule has 15 unspecified atom stereocenters. The van der Waals surface area contributed by atoms with Gasteiger partial charge in [0.1, 0.15) is 73.2 Å². The second-order valence-corrected chi connectivity index (χ2v) is 8.67. The first-order valence-corrected chi connectivity index (χ1v) is 11.4. The summed E-state index contributed by atoms with van der Waals surface area (Å²) in [6.45, 7) is -1.60. The van der Waals surface area contributed by atoms with E-state index in [0.717, 1.165) is 0 Å². The summed E-state index contributed by atoms with van der Waals surface area (Å²) in [5, 5.41) is 104. The van der Waals surface area contributed by atoms with E-state index in [2.05, 4.69) is 4.74 Å². The molecular formula is C23H50O17. The van der Waals surface area contributed by atoms with Crippen molar-refractivity contribution < 1.29 is 84.6 Å². The van der Waals surface area contributed by atoms with Crippen LogP contribution < -0.4 is 0 Å². The third kappa shape index (κ3) is 9.16. The predicted octanol–water partition coefficient (Wildman–Crippen LogP) is -5.40. The van der Waals surface area contributed by atoms with Crippen LogP contribution in [0, 0.1) is 0 Å². The summed E-state index contributed by atoms with van der Waals surface area (Å²) in [6.07, 6.45) is -20.0. The van der Waals surface area contributed by atoms with Gasteiger partial charge in [-0.3, -0.25) is 0 Å². The monoisotopic (exact) mass is 598 g/mol. The topological polar surface area (TPSA) is 278 Å². The van der Waals surface area contributed by atoms with E-state index in [1.807, 2.05) is 0 Å². The third-order valence-corrected chi connectivity index (χ3v) is 6.30. The van der Waals surface area contributed by atoms with Crippen LogP contribution in [0.1, 0.15) is 22.3 Å². The molecule has 0 bridgehead atoms. The second kappa shape index (κ2) is 18.8. The van der Waals surface area contributed by atoms with E-state index in [1.165, 1.54) is 14.2 Å². The molecule has 0 saturated carbocycles. The van der Waals surface area contributed by atoms with Crippen LogP contribution in [0.4, 0.5) is 0 Å². The molecule has 11 N–H and O–H groups in total. The number of methoxy groups -OCH3 is 2. The van der Waals surface area contributed by atoms with Crippen molar-refractivity contribution >= 4 is 0 Å². The fraction of sp³-hybridized carbons (Fsp3) is 1.00. The van der Waals surface area contributed by atoms with Crippen LogP contribution in [0.15, 0.2) is 0 Å². The molecule has 17 heteroatoms. The van der Waals surface area contributed by atoms with Gasteiger partial charge in [-0.05, 0) is 0 Å². The molecule has 0 spiro atoms. The smallest absolute Gasteiger partial charge is 0.187 e. The number of ether oxygens (including phenoxy) is 6. The SMILES string of the molecule is C.C.C.COC1OC(CO)C(OC2OC(CO)C(OC)C(O)C2O)C(O)C1O.OCC1OC(O)C(O)C(O)C1O. The summed E-state index contributed by atoms with van der Waals surface area (Å²) >= 11 is 0. The van der Waals surface area contributed by atoms with Crippen LogP contribution in [0.3, 0.4) is 0 Å². The molecule has 3 saturated heterocycles. The van der Waals surface area contributed by atoms with E-state index in [4.69, 9.17) is 49.2 Å². The van der Waals surface area contributed by atoms with Crippen molar-refractivity contribution in [3.05, 3.63) is 0 Å². The zero-order valence-electron chi connectivity index (χ0n) is 20.2. The largest absolute Gasteiger partial charge is 0.394 e. The van der Waals surface area contributed by atoms with Crippen molar-refractivity contribution in [1.82, 2.24) is 0 Å². The highest BCUT2D eigenvalue weighted by Gasteiger charge is 2.51. The minimum absolute atomic E-state index is 0. The Morgan fingerprint density at radius 2 is 0.925 bits per heavy atom. The van der Waals surface area contributed by atoms with Crippen LogP contribution in [0.5, 0.6) is 0 Å². The molecule has 0 amide bonds. The summed E-state index contributed by atoms with van der Waals surface area (Å²) < 4.78 is 30.6. The van der Waals surface area contributed by atoms with Gasteiger partial charge < -0.3 is 84.6 Å². The Labute approximate surface area is 233 Å². The Balaban J connectivity index is 0. The third-order valence-electron chi connectivity index (χ3n) is 6.30. The zero-order chi connectivity index (χ0) is 28.0. The zero-order valence-corrected chi connectivity index (χ0v) is 20.2. The first kappa shape index (κ1) is 41.5. The van der Waals surface area contributed by atoms with Gasteiger partial charge in [-0.1, -0.05) is 22.3 Å². The van der Waals surface area contributed by atoms with Crippen molar-refractivity contribution in [3.63, 3.8) is 0 Å². The highest BCUT2D eigenvalue weighted by Crippen LogP contribution is 2.30. The standard InChI is InChI=1S/C14H26O11.C6H12O6.3CH4/c1-21-11-5(3-15)24-14(10(20)7(11)17)25-12-6(4-16)23-13(22-2)9(19)8(12)18;7-1-2-3(8)4(9)5(10)6(11)12-2;;;/h5-20H,3-4H2,1-2H3;2-11H,1H2;3*1H4. The van der Waals surface area contributed by atoms with E-state index < -0.39 is 112 Å². The minimum atomic E-state index is -1.57. The number of hydrogen-bond donors (Lipinski definition) is 11.